The van der Waals surface area contributed by atoms with Gasteiger partial charge >= 0.3 is 6.03 Å². The van der Waals surface area contributed by atoms with Crippen molar-refractivity contribution in [3.63, 3.8) is 0 Å². The van der Waals surface area contributed by atoms with Crippen molar-refractivity contribution in [2.24, 2.45) is 0 Å². The van der Waals surface area contributed by atoms with Gasteiger partial charge in [0.15, 0.2) is 5.54 Å². The minimum atomic E-state index is -1.42. The Kier molecular flexibility index (Phi) is 4.88. The van der Waals surface area contributed by atoms with Crippen LogP contribution in [0.5, 0.6) is 0 Å². The summed E-state index contributed by atoms with van der Waals surface area (Å²) in [4.78, 5) is 53.2. The number of rotatable bonds is 5. The highest BCUT2D eigenvalue weighted by atomic mass is 16.3. The van der Waals surface area contributed by atoms with Gasteiger partial charge < -0.3 is 20.0 Å². The Morgan fingerprint density at radius 2 is 1.88 bits per heavy atom. The van der Waals surface area contributed by atoms with Crippen LogP contribution in [0.2, 0.25) is 0 Å². The smallest absolute Gasteiger partial charge is 0.325 e. The van der Waals surface area contributed by atoms with Crippen LogP contribution in [0.3, 0.4) is 0 Å². The van der Waals surface area contributed by atoms with Crippen molar-refractivity contribution in [1.82, 2.24) is 10.2 Å². The molecule has 1 aromatic heterocycles. The minimum absolute atomic E-state index is 0.00704. The largest absolute Gasteiger partial charge is 0.458 e. The zero-order chi connectivity index (χ0) is 23.2. The van der Waals surface area contributed by atoms with Crippen molar-refractivity contribution in [3.8, 4) is 0 Å². The molecule has 0 bridgehead atoms. The van der Waals surface area contributed by atoms with Gasteiger partial charge in [-0.15, -0.1) is 0 Å². The molecule has 5 rings (SSSR count). The van der Waals surface area contributed by atoms with E-state index in [1.165, 1.54) is 0 Å². The highest BCUT2D eigenvalue weighted by Crippen LogP contribution is 2.33. The summed E-state index contributed by atoms with van der Waals surface area (Å²) in [6, 6.07) is 15.3. The van der Waals surface area contributed by atoms with Gasteiger partial charge in [-0.1, -0.05) is 30.3 Å². The first kappa shape index (κ1) is 20.7. The van der Waals surface area contributed by atoms with Crippen LogP contribution in [0.15, 0.2) is 59.0 Å². The molecule has 9 nitrogen and oxygen atoms in total. The molecular weight excluding hydrogens is 424 g/mol. The van der Waals surface area contributed by atoms with Gasteiger partial charge in [0.05, 0.1) is 11.4 Å². The van der Waals surface area contributed by atoms with E-state index in [9.17, 15) is 19.2 Å². The normalized spacial score (nSPS) is 20.6. The Hall–Kier alpha value is -4.14. The van der Waals surface area contributed by atoms with Crippen molar-refractivity contribution in [1.29, 1.82) is 0 Å². The molecule has 9 heteroatoms. The Balaban J connectivity index is 1.34. The average Bonchev–Trinajstić information content (AvgIpc) is 3.48. The van der Waals surface area contributed by atoms with Crippen molar-refractivity contribution in [3.05, 3.63) is 60.4 Å². The van der Waals surface area contributed by atoms with E-state index in [2.05, 4.69) is 10.6 Å². The second-order valence-electron chi connectivity index (χ2n) is 8.31. The molecular formula is C24H22N4O5. The van der Waals surface area contributed by atoms with Crippen molar-refractivity contribution < 1.29 is 23.6 Å². The molecule has 168 valence electrons. The first-order chi connectivity index (χ1) is 15.9. The summed E-state index contributed by atoms with van der Waals surface area (Å²) < 4.78 is 5.81. The van der Waals surface area contributed by atoms with Gasteiger partial charge in [0.2, 0.25) is 11.8 Å². The van der Waals surface area contributed by atoms with Gasteiger partial charge in [-0.3, -0.25) is 19.3 Å². The third-order valence-electron chi connectivity index (χ3n) is 6.04. The summed E-state index contributed by atoms with van der Waals surface area (Å²) in [5.41, 5.74) is 0.221. The predicted octanol–water partition coefficient (Wildman–Crippen LogP) is 2.97. The molecule has 0 radical (unpaired) electrons. The molecule has 2 N–H and O–H groups in total. The number of fused-ring (bicyclic) bond motifs is 1. The highest BCUT2D eigenvalue weighted by molar-refractivity contribution is 6.11. The standard InChI is InChI=1S/C24H22N4O5/c1-24(19-13-15-7-2-5-10-18(15)33-19)22(31)28(23(32)26-24)14-20(29)25-16-8-3-4-9-17(16)27-12-6-11-21(27)30/h2-5,7-10,13H,6,11-12,14H2,1H3,(H,25,29)(H,26,32). The van der Waals surface area contributed by atoms with Crippen LogP contribution in [0.1, 0.15) is 25.5 Å². The molecule has 0 spiro atoms. The van der Waals surface area contributed by atoms with Crippen molar-refractivity contribution >= 4 is 46.1 Å². The average molecular weight is 446 g/mol. The van der Waals surface area contributed by atoms with Gasteiger partial charge in [-0.05, 0) is 37.6 Å². The van der Waals surface area contributed by atoms with Crippen LogP contribution in [-0.2, 0) is 19.9 Å². The topological polar surface area (TPSA) is 112 Å². The summed E-state index contributed by atoms with van der Waals surface area (Å²) in [6.07, 6.45) is 1.22. The lowest BCUT2D eigenvalue weighted by Gasteiger charge is -2.21. The number of carbonyl (C=O) groups excluding carboxylic acids is 4. The maximum atomic E-state index is 13.2. The molecule has 2 fully saturated rings. The highest BCUT2D eigenvalue weighted by Gasteiger charge is 2.51. The molecule has 0 saturated carbocycles. The van der Waals surface area contributed by atoms with Gasteiger partial charge in [-0.2, -0.15) is 0 Å². The first-order valence-electron chi connectivity index (χ1n) is 10.7. The molecule has 1 atom stereocenters. The zero-order valence-electron chi connectivity index (χ0n) is 18.0. The minimum Gasteiger partial charge on any atom is -0.458 e. The van der Waals surface area contributed by atoms with E-state index in [1.54, 1.807) is 48.2 Å². The van der Waals surface area contributed by atoms with Gasteiger partial charge in [0, 0.05) is 18.4 Å². The molecule has 2 aliphatic heterocycles. The summed E-state index contributed by atoms with van der Waals surface area (Å²) in [5, 5.41) is 6.19. The number of amides is 5. The SMILES string of the molecule is CC1(c2cc3ccccc3o2)NC(=O)N(CC(=O)Nc2ccccc2N2CCCC2=O)C1=O. The third-order valence-corrected chi connectivity index (χ3v) is 6.04. The Bertz CT molecular complexity index is 1270. The first-order valence-corrected chi connectivity index (χ1v) is 10.7. The quantitative estimate of drug-likeness (QED) is 0.585. The van der Waals surface area contributed by atoms with Gasteiger partial charge in [-0.25, -0.2) is 4.79 Å². The summed E-state index contributed by atoms with van der Waals surface area (Å²) >= 11 is 0. The second kappa shape index (κ2) is 7.77. The molecule has 0 aliphatic carbocycles. The number of anilines is 2. The summed E-state index contributed by atoms with van der Waals surface area (Å²) in [5.74, 6) is -0.841. The monoisotopic (exact) mass is 446 g/mol. The summed E-state index contributed by atoms with van der Waals surface area (Å²) in [7, 11) is 0. The Labute approximate surface area is 189 Å². The number of para-hydroxylation sites is 3. The molecule has 3 heterocycles. The van der Waals surface area contributed by atoms with E-state index in [-0.39, 0.29) is 5.91 Å². The fourth-order valence-corrected chi connectivity index (χ4v) is 4.29. The maximum absolute atomic E-state index is 13.2. The lowest BCUT2D eigenvalue weighted by Crippen LogP contribution is -2.42. The Morgan fingerprint density at radius 1 is 1.12 bits per heavy atom. The lowest BCUT2D eigenvalue weighted by atomic mass is 9.99. The number of nitrogens with one attached hydrogen (secondary N) is 2. The van der Waals surface area contributed by atoms with Crippen molar-refractivity contribution in [2.75, 3.05) is 23.3 Å². The Morgan fingerprint density at radius 3 is 2.64 bits per heavy atom. The van der Waals surface area contributed by atoms with E-state index in [0.717, 1.165) is 16.7 Å². The number of nitrogens with zero attached hydrogens (tertiary/aromatic N) is 2. The third kappa shape index (κ3) is 3.51. The molecule has 2 saturated heterocycles. The van der Waals surface area contributed by atoms with Crippen LogP contribution < -0.4 is 15.5 Å². The van der Waals surface area contributed by atoms with E-state index < -0.39 is 29.9 Å². The number of benzene rings is 2. The lowest BCUT2D eigenvalue weighted by molar-refractivity contribution is -0.134. The zero-order valence-corrected chi connectivity index (χ0v) is 18.0. The fraction of sp³-hybridized carbons (Fsp3) is 0.250. The van der Waals surface area contributed by atoms with E-state index >= 15 is 0 Å². The number of carbonyl (C=O) groups is 4. The van der Waals surface area contributed by atoms with Crippen LogP contribution in [0.25, 0.3) is 11.0 Å². The molecule has 1 unspecified atom stereocenters. The van der Waals surface area contributed by atoms with Crippen LogP contribution in [0, 0.1) is 0 Å². The van der Waals surface area contributed by atoms with E-state index in [4.69, 9.17) is 4.42 Å². The molecule has 33 heavy (non-hydrogen) atoms. The predicted molar refractivity (Wildman–Crippen MR) is 120 cm³/mol. The van der Waals surface area contributed by atoms with Crippen LogP contribution in [0.4, 0.5) is 16.2 Å². The van der Waals surface area contributed by atoms with E-state index in [0.29, 0.717) is 35.7 Å². The van der Waals surface area contributed by atoms with Crippen LogP contribution >= 0.6 is 0 Å². The molecule has 2 aliphatic rings. The second-order valence-corrected chi connectivity index (χ2v) is 8.31. The number of hydrogen-bond donors (Lipinski definition) is 2. The van der Waals surface area contributed by atoms with Crippen LogP contribution in [-0.4, -0.2) is 41.7 Å². The van der Waals surface area contributed by atoms with E-state index in [1.807, 2.05) is 18.2 Å². The maximum Gasteiger partial charge on any atom is 0.325 e. The van der Waals surface area contributed by atoms with Gasteiger partial charge in [0.1, 0.15) is 17.9 Å². The fourth-order valence-electron chi connectivity index (χ4n) is 4.29. The molecule has 5 amide bonds. The number of furan rings is 1. The number of urea groups is 1. The molecule has 2 aromatic carbocycles. The number of imide groups is 1. The summed E-state index contributed by atoms with van der Waals surface area (Å²) in [6.45, 7) is 1.66. The van der Waals surface area contributed by atoms with Crippen molar-refractivity contribution in [2.45, 2.75) is 25.3 Å². The number of hydrogen-bond acceptors (Lipinski definition) is 5. The molecule has 3 aromatic rings. The van der Waals surface area contributed by atoms with Gasteiger partial charge in [0.25, 0.3) is 5.91 Å².